The van der Waals surface area contributed by atoms with E-state index in [0.717, 1.165) is 0 Å². The fraction of sp³-hybridized carbons (Fsp3) is 1.00. The van der Waals surface area contributed by atoms with Crippen molar-refractivity contribution in [2.24, 2.45) is 0 Å². The summed E-state index contributed by atoms with van der Waals surface area (Å²) in [6.07, 6.45) is -6.93. The zero-order valence-corrected chi connectivity index (χ0v) is 5.13. The van der Waals surface area contributed by atoms with Crippen LogP contribution in [0, 0.1) is 0 Å². The number of rotatable bonds is 1. The first-order valence-electron chi connectivity index (χ1n) is 2.63. The van der Waals surface area contributed by atoms with E-state index >= 15 is 0 Å². The second kappa shape index (κ2) is 2.31. The highest BCUT2D eigenvalue weighted by Gasteiger charge is 2.59. The van der Waals surface area contributed by atoms with Gasteiger partial charge in [-0.3, -0.25) is 9.47 Å². The Morgan fingerprint density at radius 3 is 2.18 bits per heavy atom. The molecule has 0 aromatic carbocycles. The lowest BCUT2D eigenvalue weighted by Gasteiger charge is -2.17. The van der Waals surface area contributed by atoms with Gasteiger partial charge in [0.1, 0.15) is 6.61 Å². The molecule has 11 heavy (non-hydrogen) atoms. The summed E-state index contributed by atoms with van der Waals surface area (Å²) in [7, 11) is 0. The molecule has 66 valence electrons. The number of hydrogen-bond donors (Lipinski definition) is 2. The Labute approximate surface area is 59.1 Å². The lowest BCUT2D eigenvalue weighted by Crippen LogP contribution is -2.41. The van der Waals surface area contributed by atoms with Crippen molar-refractivity contribution >= 4 is 0 Å². The molecule has 4 nitrogen and oxygen atoms in total. The summed E-state index contributed by atoms with van der Waals surface area (Å²) in [5.74, 6) is -2.95. The van der Waals surface area contributed by atoms with Crippen LogP contribution in [0.5, 0.6) is 0 Å². The Balaban J connectivity index is 2.73. The fourth-order valence-corrected chi connectivity index (χ4v) is 0.593. The molecule has 0 saturated carbocycles. The molecule has 0 aromatic heterocycles. The highest BCUT2D eigenvalue weighted by Crippen LogP contribution is 2.37. The third-order valence-electron chi connectivity index (χ3n) is 1.12. The third kappa shape index (κ3) is 1.45. The van der Waals surface area contributed by atoms with Crippen LogP contribution in [0.15, 0.2) is 0 Å². The van der Waals surface area contributed by atoms with Crippen molar-refractivity contribution < 1.29 is 32.9 Å². The van der Waals surface area contributed by atoms with E-state index in [0.29, 0.717) is 0 Å². The van der Waals surface area contributed by atoms with Gasteiger partial charge >= 0.3 is 6.29 Å². The SMILES string of the molecule is OCC1(O)OC(F)(F)OC1F. The summed E-state index contributed by atoms with van der Waals surface area (Å²) in [5, 5.41) is 16.9. The average Bonchev–Trinajstić information content (AvgIpc) is 2.03. The maximum atomic E-state index is 12.2. The smallest absolute Gasteiger partial charge is 0.391 e. The Morgan fingerprint density at radius 2 is 2.00 bits per heavy atom. The summed E-state index contributed by atoms with van der Waals surface area (Å²) in [6.45, 7) is -1.30. The second-order valence-electron chi connectivity index (χ2n) is 2.00. The predicted octanol–water partition coefficient (Wildman–Crippen LogP) is -0.440. The topological polar surface area (TPSA) is 58.9 Å². The van der Waals surface area contributed by atoms with E-state index in [4.69, 9.17) is 10.2 Å². The number of hydrogen-bond acceptors (Lipinski definition) is 4. The third-order valence-corrected chi connectivity index (χ3v) is 1.12. The number of alkyl halides is 3. The Hall–Kier alpha value is -0.370. The molecule has 0 radical (unpaired) electrons. The van der Waals surface area contributed by atoms with Gasteiger partial charge in [-0.15, -0.1) is 8.78 Å². The van der Waals surface area contributed by atoms with Gasteiger partial charge in [0, 0.05) is 0 Å². The molecule has 1 heterocycles. The van der Waals surface area contributed by atoms with Crippen LogP contribution in [-0.4, -0.2) is 35.3 Å². The second-order valence-corrected chi connectivity index (χ2v) is 2.00. The molecule has 2 unspecified atom stereocenters. The van der Waals surface area contributed by atoms with Gasteiger partial charge in [-0.2, -0.15) is 0 Å². The molecule has 0 spiro atoms. The van der Waals surface area contributed by atoms with Crippen molar-refractivity contribution in [2.45, 2.75) is 18.4 Å². The van der Waals surface area contributed by atoms with E-state index in [-0.39, 0.29) is 0 Å². The minimum absolute atomic E-state index is 1.30. The molecular weight excluding hydrogens is 169 g/mol. The summed E-state index contributed by atoms with van der Waals surface area (Å²) in [4.78, 5) is 0. The molecular formula is C4H5F3O4. The molecule has 0 amide bonds. The van der Waals surface area contributed by atoms with Crippen LogP contribution in [0.1, 0.15) is 0 Å². The van der Waals surface area contributed by atoms with E-state index < -0.39 is 25.0 Å². The average molecular weight is 174 g/mol. The molecule has 0 aromatic rings. The van der Waals surface area contributed by atoms with Crippen LogP contribution in [0.3, 0.4) is 0 Å². The van der Waals surface area contributed by atoms with Crippen LogP contribution in [-0.2, 0) is 9.47 Å². The van der Waals surface area contributed by atoms with Crippen molar-refractivity contribution in [3.63, 3.8) is 0 Å². The van der Waals surface area contributed by atoms with E-state index in [1.54, 1.807) is 0 Å². The van der Waals surface area contributed by atoms with Gasteiger partial charge in [-0.1, -0.05) is 0 Å². The minimum Gasteiger partial charge on any atom is -0.391 e. The molecule has 0 aliphatic carbocycles. The predicted molar refractivity (Wildman–Crippen MR) is 24.0 cm³/mol. The number of aliphatic hydroxyl groups excluding tert-OH is 1. The number of halogens is 3. The summed E-state index contributed by atoms with van der Waals surface area (Å²) < 4.78 is 42.7. The van der Waals surface area contributed by atoms with Gasteiger partial charge < -0.3 is 10.2 Å². The van der Waals surface area contributed by atoms with Crippen molar-refractivity contribution in [3.05, 3.63) is 0 Å². The quantitative estimate of drug-likeness (QED) is 0.565. The zero-order valence-electron chi connectivity index (χ0n) is 5.13. The van der Waals surface area contributed by atoms with Crippen LogP contribution in [0.4, 0.5) is 13.2 Å². The van der Waals surface area contributed by atoms with Crippen LogP contribution in [0.2, 0.25) is 0 Å². The summed E-state index contributed by atoms with van der Waals surface area (Å²) in [6, 6.07) is 0. The van der Waals surface area contributed by atoms with E-state index in [1.165, 1.54) is 0 Å². The standard InChI is InChI=1S/C4H5F3O4/c5-2-3(9,1-8)11-4(6,7)10-2/h2,8-9H,1H2. The molecule has 1 aliphatic heterocycles. The first-order chi connectivity index (χ1) is 4.90. The largest absolute Gasteiger partial charge is 0.490 e. The highest BCUT2D eigenvalue weighted by molar-refractivity contribution is 4.76. The minimum atomic E-state index is -4.18. The molecule has 1 fully saturated rings. The van der Waals surface area contributed by atoms with Gasteiger partial charge in [0.15, 0.2) is 0 Å². The lowest BCUT2D eigenvalue weighted by molar-refractivity contribution is -0.380. The summed E-state index contributed by atoms with van der Waals surface area (Å²) in [5.41, 5.74) is 0. The Bertz CT molecular complexity index is 163. The Kier molecular flexibility index (Phi) is 1.83. The van der Waals surface area contributed by atoms with Crippen molar-refractivity contribution in [3.8, 4) is 0 Å². The van der Waals surface area contributed by atoms with Crippen LogP contribution < -0.4 is 0 Å². The maximum absolute atomic E-state index is 12.2. The van der Waals surface area contributed by atoms with Crippen molar-refractivity contribution in [1.82, 2.24) is 0 Å². The maximum Gasteiger partial charge on any atom is 0.490 e. The van der Waals surface area contributed by atoms with Gasteiger partial charge in [0.05, 0.1) is 0 Å². The lowest BCUT2D eigenvalue weighted by atomic mass is 10.3. The zero-order chi connectivity index (χ0) is 8.70. The monoisotopic (exact) mass is 174 g/mol. The van der Waals surface area contributed by atoms with Crippen molar-refractivity contribution in [1.29, 1.82) is 0 Å². The molecule has 0 bridgehead atoms. The van der Waals surface area contributed by atoms with Gasteiger partial charge in [-0.05, 0) is 0 Å². The molecule has 1 rings (SSSR count). The van der Waals surface area contributed by atoms with Gasteiger partial charge in [0.25, 0.3) is 12.1 Å². The molecule has 2 atom stereocenters. The first kappa shape index (κ1) is 8.72. The highest BCUT2D eigenvalue weighted by atomic mass is 19.3. The molecule has 2 N–H and O–H groups in total. The summed E-state index contributed by atoms with van der Waals surface area (Å²) >= 11 is 0. The number of aliphatic hydroxyl groups is 2. The Morgan fingerprint density at radius 1 is 1.45 bits per heavy atom. The van der Waals surface area contributed by atoms with Gasteiger partial charge in [0.2, 0.25) is 0 Å². The number of ether oxygens (including phenoxy) is 2. The van der Waals surface area contributed by atoms with Crippen LogP contribution in [0.25, 0.3) is 0 Å². The van der Waals surface area contributed by atoms with Gasteiger partial charge in [-0.25, -0.2) is 4.39 Å². The molecule has 1 aliphatic rings. The first-order valence-corrected chi connectivity index (χ1v) is 2.63. The molecule has 1 saturated heterocycles. The van der Waals surface area contributed by atoms with Crippen LogP contribution >= 0.6 is 0 Å². The van der Waals surface area contributed by atoms with E-state index in [1.807, 2.05) is 0 Å². The van der Waals surface area contributed by atoms with Crippen molar-refractivity contribution in [2.75, 3.05) is 6.61 Å². The van der Waals surface area contributed by atoms with E-state index in [9.17, 15) is 13.2 Å². The molecule has 7 heteroatoms. The fourth-order valence-electron chi connectivity index (χ4n) is 0.593. The normalized spacial score (nSPS) is 42.8. The van der Waals surface area contributed by atoms with E-state index in [2.05, 4.69) is 9.47 Å².